The number of hydrogen-bond donors (Lipinski definition) is 4. The zero-order valence-electron chi connectivity index (χ0n) is 13.7. The third kappa shape index (κ3) is 6.29. The highest BCUT2D eigenvalue weighted by Crippen LogP contribution is 2.10. The fourth-order valence-corrected chi connectivity index (χ4v) is 1.68. The quantitative estimate of drug-likeness (QED) is 0.358. The first-order valence-electron chi connectivity index (χ1n) is 7.18. The Kier molecular flexibility index (Phi) is 8.14. The largest absolute Gasteiger partial charge is 0.388 e. The molecule has 4 N–H and O–H groups in total. The van der Waals surface area contributed by atoms with Gasteiger partial charge < -0.3 is 10.6 Å². The molecule has 0 fully saturated rings. The first kappa shape index (κ1) is 19.0. The highest BCUT2D eigenvalue weighted by Gasteiger charge is 2.09. The average molecular weight is 351 g/mol. The van der Waals surface area contributed by atoms with Crippen LogP contribution in [0.1, 0.15) is 25.8 Å². The lowest BCUT2D eigenvalue weighted by Crippen LogP contribution is -2.31. The summed E-state index contributed by atoms with van der Waals surface area (Å²) in [5.41, 5.74) is 8.96. The number of rotatable bonds is 6. The van der Waals surface area contributed by atoms with Gasteiger partial charge in [-0.05, 0) is 37.7 Å². The summed E-state index contributed by atoms with van der Waals surface area (Å²) in [5.74, 6) is 0. The van der Waals surface area contributed by atoms with Crippen LogP contribution >= 0.6 is 24.4 Å². The van der Waals surface area contributed by atoms with Crippen LogP contribution < -0.4 is 21.5 Å². The smallest absolute Gasteiger partial charge is 0.186 e. The number of hydrogen-bond acceptors (Lipinski definition) is 5. The fraction of sp³-hybridized carbons (Fsp3) is 0.333. The van der Waals surface area contributed by atoms with E-state index in [2.05, 4.69) is 31.7 Å². The molecule has 1 aromatic carbocycles. The average Bonchev–Trinajstić information content (AvgIpc) is 2.59. The van der Waals surface area contributed by atoms with Crippen LogP contribution in [-0.4, -0.2) is 35.6 Å². The van der Waals surface area contributed by atoms with Gasteiger partial charge in [0.2, 0.25) is 0 Å². The molecule has 8 heteroatoms. The minimum atomic E-state index is 0.430. The van der Waals surface area contributed by atoms with Crippen LogP contribution in [0.2, 0.25) is 0 Å². The lowest BCUT2D eigenvalue weighted by Gasteiger charge is -2.10. The van der Waals surface area contributed by atoms with Crippen LogP contribution in [0, 0.1) is 0 Å². The molecule has 0 aliphatic carbocycles. The summed E-state index contributed by atoms with van der Waals surface area (Å²) in [6.07, 6.45) is 0.734. The summed E-state index contributed by atoms with van der Waals surface area (Å²) < 4.78 is 0. The lowest BCUT2D eigenvalue weighted by molar-refractivity contribution is 0.974. The second-order valence-corrected chi connectivity index (χ2v) is 5.47. The van der Waals surface area contributed by atoms with Crippen LogP contribution in [0.4, 0.5) is 5.69 Å². The van der Waals surface area contributed by atoms with Crippen molar-refractivity contribution in [2.75, 3.05) is 19.4 Å². The normalized spacial score (nSPS) is 11.7. The van der Waals surface area contributed by atoms with Gasteiger partial charge in [0, 0.05) is 25.3 Å². The Morgan fingerprint density at radius 2 is 1.70 bits per heavy atom. The predicted molar refractivity (Wildman–Crippen MR) is 106 cm³/mol. The number of anilines is 1. The Hall–Kier alpha value is -2.06. The SMILES string of the molecule is CCC(=S)NN=C(C)C(=NNC(=S)NC)c1ccc(NC)cc1. The maximum Gasteiger partial charge on any atom is 0.186 e. The van der Waals surface area contributed by atoms with Crippen molar-refractivity contribution in [2.24, 2.45) is 10.2 Å². The second kappa shape index (κ2) is 9.86. The van der Waals surface area contributed by atoms with Crippen molar-refractivity contribution in [1.82, 2.24) is 16.2 Å². The Balaban J connectivity index is 3.09. The summed E-state index contributed by atoms with van der Waals surface area (Å²) >= 11 is 10.2. The molecule has 6 nitrogen and oxygen atoms in total. The van der Waals surface area contributed by atoms with Gasteiger partial charge in [0.1, 0.15) is 5.71 Å². The Morgan fingerprint density at radius 3 is 2.22 bits per heavy atom. The van der Waals surface area contributed by atoms with Crippen LogP contribution in [0.5, 0.6) is 0 Å². The van der Waals surface area contributed by atoms with Gasteiger partial charge in [-0.2, -0.15) is 10.2 Å². The molecule has 0 heterocycles. The summed E-state index contributed by atoms with van der Waals surface area (Å²) in [7, 11) is 3.60. The van der Waals surface area contributed by atoms with Crippen molar-refractivity contribution in [1.29, 1.82) is 0 Å². The van der Waals surface area contributed by atoms with Gasteiger partial charge >= 0.3 is 0 Å². The molecule has 0 radical (unpaired) electrons. The van der Waals surface area contributed by atoms with E-state index in [1.807, 2.05) is 45.2 Å². The summed E-state index contributed by atoms with van der Waals surface area (Å²) in [6, 6.07) is 7.87. The van der Waals surface area contributed by atoms with E-state index in [1.54, 1.807) is 7.05 Å². The first-order chi connectivity index (χ1) is 11.0. The van der Waals surface area contributed by atoms with Crippen LogP contribution in [-0.2, 0) is 0 Å². The van der Waals surface area contributed by atoms with Gasteiger partial charge in [0.25, 0.3) is 0 Å². The molecule has 0 saturated heterocycles. The molecule has 0 atom stereocenters. The molecule has 0 saturated carbocycles. The predicted octanol–water partition coefficient (Wildman–Crippen LogP) is 2.23. The zero-order valence-corrected chi connectivity index (χ0v) is 15.4. The van der Waals surface area contributed by atoms with Gasteiger partial charge in [-0.1, -0.05) is 31.3 Å². The van der Waals surface area contributed by atoms with Crippen molar-refractivity contribution in [2.45, 2.75) is 20.3 Å². The van der Waals surface area contributed by atoms with Gasteiger partial charge in [-0.25, -0.2) is 0 Å². The van der Waals surface area contributed by atoms with Crippen molar-refractivity contribution >= 4 is 51.6 Å². The van der Waals surface area contributed by atoms with Crippen molar-refractivity contribution < 1.29 is 0 Å². The summed E-state index contributed by atoms with van der Waals surface area (Å²) in [4.78, 5) is 0.674. The Morgan fingerprint density at radius 1 is 1.04 bits per heavy atom. The standard InChI is InChI=1S/C15H22N6S2/c1-5-13(22)19-18-10(2)14(20-21-15(23)17-4)11-6-8-12(16-3)9-7-11/h6-9,16H,5H2,1-4H3,(H,19,22)(H2,17,21,23). The highest BCUT2D eigenvalue weighted by atomic mass is 32.1. The van der Waals surface area contributed by atoms with Gasteiger partial charge in [-0.15, -0.1) is 0 Å². The van der Waals surface area contributed by atoms with E-state index in [4.69, 9.17) is 24.4 Å². The maximum absolute atomic E-state index is 5.12. The molecule has 0 amide bonds. The van der Waals surface area contributed by atoms with Crippen molar-refractivity contribution in [3.8, 4) is 0 Å². The lowest BCUT2D eigenvalue weighted by atomic mass is 10.1. The van der Waals surface area contributed by atoms with Crippen LogP contribution in [0.3, 0.4) is 0 Å². The molecular weight excluding hydrogens is 328 g/mol. The molecule has 0 aromatic heterocycles. The van der Waals surface area contributed by atoms with Crippen LogP contribution in [0.15, 0.2) is 34.5 Å². The van der Waals surface area contributed by atoms with Gasteiger partial charge in [0.05, 0.1) is 10.7 Å². The molecule has 0 aliphatic heterocycles. The summed E-state index contributed by atoms with van der Waals surface area (Å²) in [5, 5.41) is 15.0. The van der Waals surface area contributed by atoms with E-state index >= 15 is 0 Å². The molecule has 0 spiro atoms. The summed E-state index contributed by atoms with van der Waals surface area (Å²) in [6.45, 7) is 3.83. The van der Waals surface area contributed by atoms with Crippen molar-refractivity contribution in [3.63, 3.8) is 0 Å². The van der Waals surface area contributed by atoms with E-state index in [0.717, 1.165) is 17.7 Å². The molecule has 0 unspecified atom stereocenters. The molecule has 0 bridgehead atoms. The monoisotopic (exact) mass is 350 g/mol. The number of nitrogens with zero attached hydrogens (tertiary/aromatic N) is 2. The fourth-order valence-electron chi connectivity index (χ4n) is 1.59. The number of thiocarbonyl (C=S) groups is 2. The van der Waals surface area contributed by atoms with Crippen LogP contribution in [0.25, 0.3) is 0 Å². The Labute approximate surface area is 147 Å². The minimum Gasteiger partial charge on any atom is -0.388 e. The minimum absolute atomic E-state index is 0.430. The Bertz CT molecular complexity index is 607. The number of nitrogens with one attached hydrogen (secondary N) is 4. The third-order valence-corrected chi connectivity index (χ3v) is 3.63. The highest BCUT2D eigenvalue weighted by molar-refractivity contribution is 7.80. The maximum atomic E-state index is 5.12. The number of benzene rings is 1. The molecular formula is C15H22N6S2. The number of hydrazone groups is 2. The van der Waals surface area contributed by atoms with E-state index in [-0.39, 0.29) is 0 Å². The molecule has 1 aromatic rings. The molecule has 124 valence electrons. The zero-order chi connectivity index (χ0) is 17.2. The van der Waals surface area contributed by atoms with E-state index < -0.39 is 0 Å². The van der Waals surface area contributed by atoms with Crippen molar-refractivity contribution in [3.05, 3.63) is 29.8 Å². The van der Waals surface area contributed by atoms with E-state index in [1.165, 1.54) is 0 Å². The first-order valence-corrected chi connectivity index (χ1v) is 8.00. The van der Waals surface area contributed by atoms with E-state index in [9.17, 15) is 0 Å². The van der Waals surface area contributed by atoms with E-state index in [0.29, 0.717) is 21.5 Å². The van der Waals surface area contributed by atoms with Gasteiger partial charge in [0.15, 0.2) is 5.11 Å². The second-order valence-electron chi connectivity index (χ2n) is 4.56. The van der Waals surface area contributed by atoms with Gasteiger partial charge in [-0.3, -0.25) is 10.9 Å². The topological polar surface area (TPSA) is 72.8 Å². The molecule has 0 aliphatic rings. The molecule has 1 rings (SSSR count). The molecule has 23 heavy (non-hydrogen) atoms. The third-order valence-electron chi connectivity index (χ3n) is 2.96.